The minimum atomic E-state index is -0.168. The number of rotatable bonds is 5. The van der Waals surface area contributed by atoms with E-state index in [9.17, 15) is 1.37 Å². The van der Waals surface area contributed by atoms with E-state index < -0.39 is 0 Å². The van der Waals surface area contributed by atoms with E-state index in [1.807, 2.05) is 11.3 Å². The molecule has 0 amide bonds. The largest absolute Gasteiger partial charge is 0.311 e. The summed E-state index contributed by atoms with van der Waals surface area (Å²) in [6.07, 6.45) is 0. The lowest BCUT2D eigenvalue weighted by Gasteiger charge is -2.46. The molecule has 0 radical (unpaired) electrons. The van der Waals surface area contributed by atoms with Gasteiger partial charge in [-0.1, -0.05) is 195 Å². The number of hydrogen-bond donors (Lipinski definition) is 0. The maximum Gasteiger partial charge on any atom is 0.252 e. The van der Waals surface area contributed by atoms with Gasteiger partial charge in [0.1, 0.15) is 0 Å². The minimum Gasteiger partial charge on any atom is -0.311 e. The van der Waals surface area contributed by atoms with E-state index >= 15 is 0 Å². The highest BCUT2D eigenvalue weighted by Crippen LogP contribution is 2.55. The molecule has 1 aromatic heterocycles. The summed E-state index contributed by atoms with van der Waals surface area (Å²) in [6.45, 7) is 34.3. The zero-order valence-corrected chi connectivity index (χ0v) is 46.7. The lowest BCUT2D eigenvalue weighted by molar-refractivity contribution is 0.590. The topological polar surface area (TPSA) is 9.72 Å². The molecule has 73 heavy (non-hydrogen) atoms. The Morgan fingerprint density at radius 1 is 0.425 bits per heavy atom. The number of anilines is 9. The summed E-state index contributed by atoms with van der Waals surface area (Å²) in [7, 11) is 0. The normalized spacial score (nSPS) is 14.1. The van der Waals surface area contributed by atoms with Gasteiger partial charge in [0.05, 0.1) is 17.4 Å². The Labute approximate surface area is 442 Å². The molecule has 0 saturated carbocycles. The van der Waals surface area contributed by atoms with Crippen LogP contribution < -0.4 is 31.1 Å². The van der Waals surface area contributed by atoms with Crippen molar-refractivity contribution in [2.75, 3.05) is 14.7 Å². The van der Waals surface area contributed by atoms with E-state index in [0.29, 0.717) is 6.04 Å². The third-order valence-electron chi connectivity index (χ3n) is 15.6. The summed E-state index contributed by atoms with van der Waals surface area (Å²) < 4.78 is 12.4. The van der Waals surface area contributed by atoms with Gasteiger partial charge in [-0.3, -0.25) is 0 Å². The summed E-state index contributed by atoms with van der Waals surface area (Å²) in [4.78, 5) is 7.54. The van der Waals surface area contributed by atoms with Crippen molar-refractivity contribution in [2.45, 2.75) is 131 Å². The zero-order chi connectivity index (χ0) is 52.6. The zero-order valence-electron chi connectivity index (χ0n) is 46.8. The Morgan fingerprint density at radius 2 is 0.863 bits per heavy atom. The van der Waals surface area contributed by atoms with E-state index in [-0.39, 0.29) is 33.8 Å². The van der Waals surface area contributed by atoms with Crippen LogP contribution in [-0.2, 0) is 27.1 Å². The maximum atomic E-state index is 9.88. The first-order chi connectivity index (χ1) is 34.8. The van der Waals surface area contributed by atoms with Crippen LogP contribution in [0.3, 0.4) is 0 Å². The average molecular weight is 975 g/mol. The van der Waals surface area contributed by atoms with Crippen LogP contribution in [-0.4, -0.2) is 6.71 Å². The van der Waals surface area contributed by atoms with E-state index in [1.54, 1.807) is 0 Å². The molecule has 11 rings (SSSR count). The molecule has 0 aliphatic carbocycles. The number of thiophene rings is 1. The van der Waals surface area contributed by atoms with Gasteiger partial charge in [0.15, 0.2) is 0 Å². The molecule has 0 unspecified atom stereocenters. The summed E-state index contributed by atoms with van der Waals surface area (Å²) in [5.74, 6) is 0. The predicted molar refractivity (Wildman–Crippen MR) is 322 cm³/mol. The first-order valence-corrected chi connectivity index (χ1v) is 27.2. The van der Waals surface area contributed by atoms with E-state index in [0.717, 1.165) is 51.2 Å². The van der Waals surface area contributed by atoms with E-state index in [2.05, 4.69) is 276 Å². The molecule has 5 heteroatoms. The summed E-state index contributed by atoms with van der Waals surface area (Å²) in [5, 5.41) is 2.51. The fraction of sp³-hybridized carbons (Fsp3) is 0.294. The van der Waals surface area contributed by atoms with E-state index in [4.69, 9.17) is 0 Å². The predicted octanol–water partition coefficient (Wildman–Crippen LogP) is 18.1. The van der Waals surface area contributed by atoms with E-state index in [1.165, 1.54) is 64.4 Å². The van der Waals surface area contributed by atoms with Crippen LogP contribution >= 0.6 is 11.3 Å². The number of nitrogens with zero attached hydrogens (tertiary/aromatic N) is 3. The Balaban J connectivity index is 1.32. The van der Waals surface area contributed by atoms with Crippen LogP contribution in [0.4, 0.5) is 51.2 Å². The molecule has 0 fully saturated rings. The highest BCUT2D eigenvalue weighted by Gasteiger charge is 2.46. The lowest BCUT2D eigenvalue weighted by Crippen LogP contribution is -2.61. The highest BCUT2D eigenvalue weighted by molar-refractivity contribution is 7.26. The first kappa shape index (κ1) is 47.4. The fourth-order valence-electron chi connectivity index (χ4n) is 11.2. The van der Waals surface area contributed by atoms with Gasteiger partial charge in [-0.25, -0.2) is 0 Å². The Morgan fingerprint density at radius 3 is 1.36 bits per heavy atom. The lowest BCUT2D eigenvalue weighted by atomic mass is 9.33. The van der Waals surface area contributed by atoms with Gasteiger partial charge in [-0.05, 0) is 144 Å². The van der Waals surface area contributed by atoms with Crippen LogP contribution in [0.5, 0.6) is 0 Å². The van der Waals surface area contributed by atoms with Crippen molar-refractivity contribution in [3.05, 3.63) is 192 Å². The second-order valence-electron chi connectivity index (χ2n) is 25.9. The van der Waals surface area contributed by atoms with Crippen LogP contribution in [0.2, 0.25) is 0 Å². The Kier molecular flexibility index (Phi) is 11.0. The molecular weight excluding hydrogens is 902 g/mol. The van der Waals surface area contributed by atoms with Crippen molar-refractivity contribution in [3.8, 4) is 0 Å². The van der Waals surface area contributed by atoms with Crippen LogP contribution in [0, 0.1) is 0 Å². The molecule has 368 valence electrons. The third-order valence-corrected chi connectivity index (χ3v) is 16.8. The molecule has 0 spiro atoms. The van der Waals surface area contributed by atoms with Gasteiger partial charge in [0.2, 0.25) is 0 Å². The van der Waals surface area contributed by atoms with Crippen LogP contribution in [0.1, 0.15) is 133 Å². The maximum absolute atomic E-state index is 9.88. The standard InChI is InChI=1S/C68H72BN3S/c1-64(2,3)43-23-32-48(33-24-43)70(49-34-25-44(26-35-49)65(4,5)6)62-61-55(42-53-52-19-16-17-22-59(52)73-63(53)62)69-54-41-47(68(13,14)15)31-40-56(54)71(50-36-27-45(28-37-50)66(7,8)9)57-20-18-21-58(60(57)69)72(61)51-38-29-46(30-39-51)67(10,11)12/h16-42H,1-15H3/i18D. The molecule has 0 bridgehead atoms. The third kappa shape index (κ3) is 8.37. The van der Waals surface area contributed by atoms with Crippen LogP contribution in [0.15, 0.2) is 164 Å². The van der Waals surface area contributed by atoms with Gasteiger partial charge in [0.25, 0.3) is 6.71 Å². The first-order valence-electron chi connectivity index (χ1n) is 26.9. The molecular formula is C68H72BN3S. The Hall–Kier alpha value is -6.56. The summed E-state index contributed by atoms with van der Waals surface area (Å²) in [5.41, 5.74) is 19.9. The second-order valence-corrected chi connectivity index (χ2v) is 27.0. The minimum absolute atomic E-state index is 0.00403. The van der Waals surface area contributed by atoms with Gasteiger partial charge in [-0.15, -0.1) is 11.3 Å². The monoisotopic (exact) mass is 975 g/mol. The fourth-order valence-corrected chi connectivity index (χ4v) is 12.5. The molecule has 3 heterocycles. The number of benzene rings is 8. The summed E-state index contributed by atoms with van der Waals surface area (Å²) >= 11 is 1.89. The van der Waals surface area contributed by atoms with Crippen molar-refractivity contribution in [3.63, 3.8) is 0 Å². The molecule has 9 aromatic rings. The smallest absolute Gasteiger partial charge is 0.252 e. The van der Waals surface area contributed by atoms with Crippen molar-refractivity contribution in [2.24, 2.45) is 0 Å². The van der Waals surface area contributed by atoms with Gasteiger partial charge in [-0.2, -0.15) is 0 Å². The molecule has 0 saturated heterocycles. The molecule has 0 N–H and O–H groups in total. The van der Waals surface area contributed by atoms with Crippen molar-refractivity contribution >= 4 is 106 Å². The molecule has 2 aliphatic heterocycles. The van der Waals surface area contributed by atoms with Crippen LogP contribution in [0.25, 0.3) is 20.2 Å². The number of fused-ring (bicyclic) bond motifs is 7. The van der Waals surface area contributed by atoms with Gasteiger partial charge in [0, 0.05) is 55.3 Å². The van der Waals surface area contributed by atoms with Crippen molar-refractivity contribution in [1.29, 1.82) is 0 Å². The highest BCUT2D eigenvalue weighted by atomic mass is 32.1. The van der Waals surface area contributed by atoms with Gasteiger partial charge < -0.3 is 14.7 Å². The summed E-state index contributed by atoms with van der Waals surface area (Å²) in [6, 6.07) is 60.6. The molecule has 2 aliphatic rings. The molecule has 8 aromatic carbocycles. The van der Waals surface area contributed by atoms with Gasteiger partial charge >= 0.3 is 0 Å². The SMILES string of the molecule is [2H]c1cc2c3c(c1)N(c1ccc(C(C)(C)C)cc1)c1c(cc4c(sc5ccccc54)c1N(c1ccc(C(C)(C)C)cc1)c1ccc(C(C)(C)C)cc1)B3c1cc(C(C)(C)C)ccc1N2c1ccc(C(C)(C)C)cc1. The second kappa shape index (κ2) is 17.0. The average Bonchev–Trinajstić information content (AvgIpc) is 3.71. The quantitative estimate of drug-likeness (QED) is 0.159. The van der Waals surface area contributed by atoms with Crippen molar-refractivity contribution < 1.29 is 1.37 Å². The Bertz CT molecular complexity index is 3570. The molecule has 0 atom stereocenters. The molecule has 3 nitrogen and oxygen atoms in total. The number of hydrogen-bond acceptors (Lipinski definition) is 4. The van der Waals surface area contributed by atoms with Crippen molar-refractivity contribution in [1.82, 2.24) is 0 Å².